The van der Waals surface area contributed by atoms with Gasteiger partial charge in [-0.05, 0) is 51.6 Å². The monoisotopic (exact) mass is 330 g/mol. The van der Waals surface area contributed by atoms with Crippen molar-refractivity contribution in [1.29, 1.82) is 0 Å². The summed E-state index contributed by atoms with van der Waals surface area (Å²) >= 11 is 0. The molecule has 0 spiro atoms. The van der Waals surface area contributed by atoms with Crippen LogP contribution in [0.1, 0.15) is 36.9 Å². The minimum Gasteiger partial charge on any atom is -0.392 e. The average molecular weight is 330 g/mol. The van der Waals surface area contributed by atoms with Crippen molar-refractivity contribution < 1.29 is 5.11 Å². The number of anilines is 1. The summed E-state index contributed by atoms with van der Waals surface area (Å²) in [5.74, 6) is 0. The zero-order chi connectivity index (χ0) is 16.7. The number of aliphatic hydroxyl groups excluding tert-OH is 1. The van der Waals surface area contributed by atoms with Gasteiger partial charge in [-0.15, -0.1) is 10.2 Å². The van der Waals surface area contributed by atoms with Crippen LogP contribution in [0, 0.1) is 13.8 Å². The molecule has 1 atom stereocenters. The first kappa shape index (κ1) is 15.8. The Bertz CT molecular complexity index is 721. The molecule has 0 bridgehead atoms. The number of piperidine rings is 2. The maximum Gasteiger partial charge on any atom is 0.201 e. The van der Waals surface area contributed by atoms with E-state index in [1.54, 1.807) is 10.8 Å². The first-order valence-corrected chi connectivity index (χ1v) is 8.98. The number of β-amino-alcohol motifs (C(OH)–C–C–N with tert-alkyl or cyclic N) is 1. The van der Waals surface area contributed by atoms with Crippen molar-refractivity contribution in [3.8, 4) is 0 Å². The smallest absolute Gasteiger partial charge is 0.201 e. The van der Waals surface area contributed by atoms with Gasteiger partial charge in [-0.1, -0.05) is 0 Å². The molecule has 7 nitrogen and oxygen atoms in total. The van der Waals surface area contributed by atoms with Crippen LogP contribution < -0.4 is 4.90 Å². The van der Waals surface area contributed by atoms with Gasteiger partial charge in [0.05, 0.1) is 17.5 Å². The summed E-state index contributed by atoms with van der Waals surface area (Å²) in [6, 6.07) is 0.591. The molecular formula is C17H26N6O. The molecule has 24 heavy (non-hydrogen) atoms. The lowest BCUT2D eigenvalue weighted by molar-refractivity contribution is 0.0398. The van der Waals surface area contributed by atoms with Crippen LogP contribution in [-0.4, -0.2) is 68.1 Å². The lowest BCUT2D eigenvalue weighted by Crippen LogP contribution is -2.49. The molecule has 2 aliphatic heterocycles. The molecule has 0 amide bonds. The van der Waals surface area contributed by atoms with Crippen LogP contribution >= 0.6 is 0 Å². The summed E-state index contributed by atoms with van der Waals surface area (Å²) in [6.45, 7) is 8.17. The summed E-state index contributed by atoms with van der Waals surface area (Å²) in [7, 11) is 0. The van der Waals surface area contributed by atoms with Gasteiger partial charge < -0.3 is 10.0 Å². The number of aliphatic hydroxyl groups is 1. The van der Waals surface area contributed by atoms with E-state index in [-0.39, 0.29) is 6.10 Å². The number of aryl methyl sites for hydroxylation is 1. The second-order valence-corrected chi connectivity index (χ2v) is 7.17. The highest BCUT2D eigenvalue weighted by Crippen LogP contribution is 2.30. The summed E-state index contributed by atoms with van der Waals surface area (Å²) < 4.78 is 1.78. The van der Waals surface area contributed by atoms with E-state index in [0.717, 1.165) is 63.2 Å². The van der Waals surface area contributed by atoms with Crippen LogP contribution in [0.5, 0.6) is 0 Å². The molecule has 2 fully saturated rings. The summed E-state index contributed by atoms with van der Waals surface area (Å²) in [5, 5.41) is 22.7. The van der Waals surface area contributed by atoms with Crippen molar-refractivity contribution in [2.75, 3.05) is 31.1 Å². The van der Waals surface area contributed by atoms with Gasteiger partial charge in [-0.3, -0.25) is 4.90 Å². The molecule has 0 aliphatic carbocycles. The van der Waals surface area contributed by atoms with E-state index in [9.17, 15) is 5.11 Å². The van der Waals surface area contributed by atoms with Gasteiger partial charge in [0.1, 0.15) is 6.33 Å². The highest BCUT2D eigenvalue weighted by molar-refractivity contribution is 5.72. The predicted molar refractivity (Wildman–Crippen MR) is 92.3 cm³/mol. The van der Waals surface area contributed by atoms with E-state index in [4.69, 9.17) is 0 Å². The topological polar surface area (TPSA) is 69.8 Å². The summed E-state index contributed by atoms with van der Waals surface area (Å²) in [4.78, 5) is 4.92. The Morgan fingerprint density at radius 2 is 1.92 bits per heavy atom. The standard InChI is InChI=1S/C17H26N6O/c1-12-13(2)20-23-11-18-19-17(23)16(12)21-8-5-14(6-9-21)22-7-3-4-15(24)10-22/h11,14-15,24H,3-10H2,1-2H3. The Morgan fingerprint density at radius 3 is 2.67 bits per heavy atom. The Kier molecular flexibility index (Phi) is 4.14. The van der Waals surface area contributed by atoms with Gasteiger partial charge in [0.25, 0.3) is 0 Å². The Morgan fingerprint density at radius 1 is 1.12 bits per heavy atom. The number of aromatic nitrogens is 4. The molecule has 1 unspecified atom stereocenters. The van der Waals surface area contributed by atoms with E-state index < -0.39 is 0 Å². The first-order chi connectivity index (χ1) is 11.6. The molecule has 2 aromatic heterocycles. The molecule has 1 N–H and O–H groups in total. The summed E-state index contributed by atoms with van der Waals surface area (Å²) in [6.07, 6.45) is 5.87. The van der Waals surface area contributed by atoms with Gasteiger partial charge in [-0.25, -0.2) is 0 Å². The van der Waals surface area contributed by atoms with Gasteiger partial charge >= 0.3 is 0 Å². The molecule has 0 saturated carbocycles. The first-order valence-electron chi connectivity index (χ1n) is 8.98. The second kappa shape index (κ2) is 6.29. The molecule has 2 saturated heterocycles. The number of rotatable bonds is 2. The zero-order valence-corrected chi connectivity index (χ0v) is 14.5. The third-order valence-corrected chi connectivity index (χ3v) is 5.62. The molecular weight excluding hydrogens is 304 g/mol. The second-order valence-electron chi connectivity index (χ2n) is 7.17. The number of hydrogen-bond donors (Lipinski definition) is 1. The molecule has 2 aromatic rings. The van der Waals surface area contributed by atoms with Crippen molar-refractivity contribution in [3.63, 3.8) is 0 Å². The highest BCUT2D eigenvalue weighted by atomic mass is 16.3. The minimum atomic E-state index is -0.141. The SMILES string of the molecule is Cc1nn2cnnc2c(N2CCC(N3CCCC(O)C3)CC2)c1C. The van der Waals surface area contributed by atoms with E-state index >= 15 is 0 Å². The van der Waals surface area contributed by atoms with E-state index in [0.29, 0.717) is 6.04 Å². The fourth-order valence-electron chi connectivity index (χ4n) is 4.18. The molecule has 130 valence electrons. The Hall–Kier alpha value is -1.73. The maximum absolute atomic E-state index is 9.92. The van der Waals surface area contributed by atoms with Crippen LogP contribution in [0.15, 0.2) is 6.33 Å². The van der Waals surface area contributed by atoms with Crippen molar-refractivity contribution in [1.82, 2.24) is 24.7 Å². The molecule has 0 aromatic carbocycles. The van der Waals surface area contributed by atoms with Crippen LogP contribution in [-0.2, 0) is 0 Å². The molecule has 4 rings (SSSR count). The van der Waals surface area contributed by atoms with Crippen molar-refractivity contribution in [2.45, 2.75) is 51.7 Å². The van der Waals surface area contributed by atoms with Crippen LogP contribution in [0.25, 0.3) is 5.65 Å². The van der Waals surface area contributed by atoms with Crippen molar-refractivity contribution in [2.24, 2.45) is 0 Å². The number of fused-ring (bicyclic) bond motifs is 1. The Labute approximate surface area is 142 Å². The largest absolute Gasteiger partial charge is 0.392 e. The van der Waals surface area contributed by atoms with Crippen molar-refractivity contribution >= 4 is 11.3 Å². The van der Waals surface area contributed by atoms with Gasteiger partial charge in [0.15, 0.2) is 0 Å². The summed E-state index contributed by atoms with van der Waals surface area (Å²) in [5.41, 5.74) is 4.25. The molecule has 0 radical (unpaired) electrons. The lowest BCUT2D eigenvalue weighted by Gasteiger charge is -2.42. The Balaban J connectivity index is 1.52. The molecule has 4 heterocycles. The normalized spacial score (nSPS) is 24.0. The van der Waals surface area contributed by atoms with E-state index in [2.05, 4.69) is 32.0 Å². The van der Waals surface area contributed by atoms with E-state index in [1.165, 1.54) is 11.3 Å². The highest BCUT2D eigenvalue weighted by Gasteiger charge is 2.29. The number of nitrogens with zero attached hydrogens (tertiary/aromatic N) is 6. The number of likely N-dealkylation sites (tertiary alicyclic amines) is 1. The fraction of sp³-hybridized carbons (Fsp3) is 0.706. The zero-order valence-electron chi connectivity index (χ0n) is 14.5. The van der Waals surface area contributed by atoms with Crippen molar-refractivity contribution in [3.05, 3.63) is 17.6 Å². The van der Waals surface area contributed by atoms with Gasteiger partial charge in [-0.2, -0.15) is 9.61 Å². The predicted octanol–water partition coefficient (Wildman–Crippen LogP) is 1.17. The van der Waals surface area contributed by atoms with E-state index in [1.807, 2.05) is 6.92 Å². The van der Waals surface area contributed by atoms with Crippen LogP contribution in [0.3, 0.4) is 0 Å². The van der Waals surface area contributed by atoms with Gasteiger partial charge in [0, 0.05) is 25.7 Å². The lowest BCUT2D eigenvalue weighted by atomic mass is 9.98. The van der Waals surface area contributed by atoms with Gasteiger partial charge in [0.2, 0.25) is 5.65 Å². The molecule has 2 aliphatic rings. The maximum atomic E-state index is 9.92. The van der Waals surface area contributed by atoms with Crippen LogP contribution in [0.2, 0.25) is 0 Å². The molecule has 7 heteroatoms. The fourth-order valence-corrected chi connectivity index (χ4v) is 4.18. The minimum absolute atomic E-state index is 0.141. The van der Waals surface area contributed by atoms with Crippen LogP contribution in [0.4, 0.5) is 5.69 Å². The third-order valence-electron chi connectivity index (χ3n) is 5.62. The third kappa shape index (κ3) is 2.75. The quantitative estimate of drug-likeness (QED) is 0.891. The average Bonchev–Trinajstić information content (AvgIpc) is 3.04. The number of hydrogen-bond acceptors (Lipinski definition) is 6.